The Morgan fingerprint density at radius 2 is 1.95 bits per heavy atom. The van der Waals surface area contributed by atoms with E-state index < -0.39 is 10.0 Å². The van der Waals surface area contributed by atoms with E-state index in [4.69, 9.17) is 11.6 Å². The van der Waals surface area contributed by atoms with E-state index in [2.05, 4.69) is 4.98 Å². The molecule has 1 saturated heterocycles. The van der Waals surface area contributed by atoms with Crippen LogP contribution >= 0.6 is 11.6 Å². The lowest BCUT2D eigenvalue weighted by molar-refractivity contribution is 0.396. The summed E-state index contributed by atoms with van der Waals surface area (Å²) in [5.74, 6) is 0. The van der Waals surface area contributed by atoms with Crippen LogP contribution in [-0.4, -0.2) is 24.3 Å². The Morgan fingerprint density at radius 3 is 2.67 bits per heavy atom. The molecule has 0 bridgehead atoms. The van der Waals surface area contributed by atoms with Gasteiger partial charge in [-0.1, -0.05) is 41.9 Å². The van der Waals surface area contributed by atoms with Crippen LogP contribution in [0.2, 0.25) is 5.15 Å². The second-order valence-electron chi connectivity index (χ2n) is 5.00. The first-order valence-corrected chi connectivity index (χ1v) is 8.59. The fourth-order valence-electron chi connectivity index (χ4n) is 2.72. The van der Waals surface area contributed by atoms with E-state index in [1.807, 2.05) is 30.3 Å². The van der Waals surface area contributed by atoms with E-state index in [1.165, 1.54) is 18.3 Å². The van der Waals surface area contributed by atoms with E-state index in [1.54, 1.807) is 4.31 Å². The summed E-state index contributed by atoms with van der Waals surface area (Å²) in [6, 6.07) is 12.5. The highest BCUT2D eigenvalue weighted by atomic mass is 35.5. The van der Waals surface area contributed by atoms with Gasteiger partial charge in [0.1, 0.15) is 5.15 Å². The minimum Gasteiger partial charge on any atom is -0.244 e. The van der Waals surface area contributed by atoms with Crippen molar-refractivity contribution in [3.8, 4) is 0 Å². The van der Waals surface area contributed by atoms with E-state index in [9.17, 15) is 8.42 Å². The molecule has 1 aromatic heterocycles. The van der Waals surface area contributed by atoms with Gasteiger partial charge < -0.3 is 0 Å². The third-order valence-electron chi connectivity index (χ3n) is 3.69. The minimum atomic E-state index is -3.55. The molecule has 0 amide bonds. The predicted molar refractivity (Wildman–Crippen MR) is 81.6 cm³/mol. The molecule has 0 radical (unpaired) electrons. The Morgan fingerprint density at radius 1 is 1.19 bits per heavy atom. The Kier molecular flexibility index (Phi) is 3.97. The molecule has 2 aromatic rings. The lowest BCUT2D eigenvalue weighted by Gasteiger charge is -2.24. The highest BCUT2D eigenvalue weighted by molar-refractivity contribution is 7.89. The van der Waals surface area contributed by atoms with Crippen LogP contribution in [0.3, 0.4) is 0 Å². The third kappa shape index (κ3) is 2.81. The molecule has 1 unspecified atom stereocenters. The number of sulfonamides is 1. The lowest BCUT2D eigenvalue weighted by atomic mass is 10.1. The molecule has 110 valence electrons. The second kappa shape index (κ2) is 5.75. The third-order valence-corrected chi connectivity index (χ3v) is 5.80. The van der Waals surface area contributed by atoms with Gasteiger partial charge in [0.15, 0.2) is 0 Å². The predicted octanol–water partition coefficient (Wildman–Crippen LogP) is 3.26. The average molecular weight is 323 g/mol. The standard InChI is InChI=1S/C15H15ClN2O2S/c16-15-11-13(8-9-17-15)21(19,20)18-10-4-7-14(18)12-5-2-1-3-6-12/h1-3,5-6,8-9,11,14H,4,7,10H2. The van der Waals surface area contributed by atoms with E-state index in [-0.39, 0.29) is 16.1 Å². The van der Waals surface area contributed by atoms with Crippen LogP contribution < -0.4 is 0 Å². The first kappa shape index (κ1) is 14.5. The smallest absolute Gasteiger partial charge is 0.243 e. The molecule has 0 spiro atoms. The molecular formula is C15H15ClN2O2S. The van der Waals surface area contributed by atoms with Crippen molar-refractivity contribution in [3.63, 3.8) is 0 Å². The van der Waals surface area contributed by atoms with Crippen molar-refractivity contribution in [2.75, 3.05) is 6.54 Å². The quantitative estimate of drug-likeness (QED) is 0.815. The maximum absolute atomic E-state index is 12.8. The monoisotopic (exact) mass is 322 g/mol. The number of nitrogens with zero attached hydrogens (tertiary/aromatic N) is 2. The van der Waals surface area contributed by atoms with Gasteiger partial charge in [0.25, 0.3) is 0 Å². The highest BCUT2D eigenvalue weighted by Crippen LogP contribution is 2.36. The van der Waals surface area contributed by atoms with E-state index in [0.29, 0.717) is 6.54 Å². The number of hydrogen-bond donors (Lipinski definition) is 0. The van der Waals surface area contributed by atoms with Crippen LogP contribution in [0.25, 0.3) is 0 Å². The molecule has 2 heterocycles. The minimum absolute atomic E-state index is 0.108. The summed E-state index contributed by atoms with van der Waals surface area (Å²) < 4.78 is 27.2. The number of hydrogen-bond acceptors (Lipinski definition) is 3. The maximum Gasteiger partial charge on any atom is 0.243 e. The SMILES string of the molecule is O=S(=O)(c1ccnc(Cl)c1)N1CCCC1c1ccccc1. The second-order valence-corrected chi connectivity index (χ2v) is 7.28. The molecule has 6 heteroatoms. The zero-order valence-corrected chi connectivity index (χ0v) is 12.9. The fraction of sp³-hybridized carbons (Fsp3) is 0.267. The summed E-state index contributed by atoms with van der Waals surface area (Å²) in [5.41, 5.74) is 1.03. The van der Waals surface area contributed by atoms with Crippen LogP contribution in [0.4, 0.5) is 0 Å². The topological polar surface area (TPSA) is 50.3 Å². The molecule has 0 N–H and O–H groups in total. The van der Waals surface area contributed by atoms with Gasteiger partial charge in [-0.25, -0.2) is 13.4 Å². The van der Waals surface area contributed by atoms with Gasteiger partial charge in [-0.05, 0) is 30.5 Å². The Hall–Kier alpha value is -1.43. The van der Waals surface area contributed by atoms with Gasteiger partial charge in [-0.2, -0.15) is 4.31 Å². The van der Waals surface area contributed by atoms with Crippen LogP contribution in [0.5, 0.6) is 0 Å². The van der Waals surface area contributed by atoms with E-state index >= 15 is 0 Å². The average Bonchev–Trinajstić information content (AvgIpc) is 2.98. The van der Waals surface area contributed by atoms with Crippen LogP contribution in [0, 0.1) is 0 Å². The Labute approximate surface area is 129 Å². The summed E-state index contributed by atoms with van der Waals surface area (Å²) in [6.07, 6.45) is 3.11. The summed E-state index contributed by atoms with van der Waals surface area (Å²) >= 11 is 5.82. The summed E-state index contributed by atoms with van der Waals surface area (Å²) in [5, 5.41) is 0.187. The fourth-order valence-corrected chi connectivity index (χ4v) is 4.65. The molecule has 4 nitrogen and oxygen atoms in total. The molecule has 1 atom stereocenters. The van der Waals surface area contributed by atoms with Crippen molar-refractivity contribution in [2.45, 2.75) is 23.8 Å². The molecular weight excluding hydrogens is 308 g/mol. The summed E-state index contributed by atoms with van der Waals surface area (Å²) in [4.78, 5) is 4.04. The van der Waals surface area contributed by atoms with Crippen molar-refractivity contribution in [1.82, 2.24) is 9.29 Å². The largest absolute Gasteiger partial charge is 0.244 e. The molecule has 0 aliphatic carbocycles. The van der Waals surface area contributed by atoms with Gasteiger partial charge in [0.05, 0.1) is 10.9 Å². The molecule has 3 rings (SSSR count). The van der Waals surface area contributed by atoms with E-state index in [0.717, 1.165) is 18.4 Å². The van der Waals surface area contributed by atoms with Gasteiger partial charge in [0.2, 0.25) is 10.0 Å². The number of rotatable bonds is 3. The van der Waals surface area contributed by atoms with Crippen molar-refractivity contribution in [1.29, 1.82) is 0 Å². The Balaban J connectivity index is 1.98. The molecule has 1 aliphatic rings. The Bertz CT molecular complexity index is 734. The van der Waals surface area contributed by atoms with Crippen molar-refractivity contribution >= 4 is 21.6 Å². The number of aromatic nitrogens is 1. The highest BCUT2D eigenvalue weighted by Gasteiger charge is 2.36. The maximum atomic E-state index is 12.8. The molecule has 1 aliphatic heterocycles. The first-order valence-electron chi connectivity index (χ1n) is 6.77. The zero-order valence-electron chi connectivity index (χ0n) is 11.3. The van der Waals surface area contributed by atoms with Gasteiger partial charge in [-0.15, -0.1) is 0 Å². The summed E-state index contributed by atoms with van der Waals surface area (Å²) in [6.45, 7) is 0.530. The zero-order chi connectivity index (χ0) is 14.9. The number of pyridine rings is 1. The summed E-state index contributed by atoms with van der Waals surface area (Å²) in [7, 11) is -3.55. The van der Waals surface area contributed by atoms with Crippen molar-refractivity contribution in [2.24, 2.45) is 0 Å². The van der Waals surface area contributed by atoms with Gasteiger partial charge in [-0.3, -0.25) is 0 Å². The number of halogens is 1. The van der Waals surface area contributed by atoms with Gasteiger partial charge in [0, 0.05) is 12.7 Å². The van der Waals surface area contributed by atoms with Crippen LogP contribution in [0.15, 0.2) is 53.6 Å². The lowest BCUT2D eigenvalue weighted by Crippen LogP contribution is -2.30. The van der Waals surface area contributed by atoms with Crippen LogP contribution in [0.1, 0.15) is 24.4 Å². The van der Waals surface area contributed by atoms with Crippen molar-refractivity contribution in [3.05, 3.63) is 59.4 Å². The van der Waals surface area contributed by atoms with Gasteiger partial charge >= 0.3 is 0 Å². The number of benzene rings is 1. The molecule has 1 fully saturated rings. The molecule has 1 aromatic carbocycles. The first-order chi connectivity index (χ1) is 10.1. The van der Waals surface area contributed by atoms with Crippen LogP contribution in [-0.2, 0) is 10.0 Å². The molecule has 0 saturated carbocycles. The normalized spacial score (nSPS) is 19.8. The molecule has 21 heavy (non-hydrogen) atoms. The van der Waals surface area contributed by atoms with Crippen molar-refractivity contribution < 1.29 is 8.42 Å².